The van der Waals surface area contributed by atoms with Gasteiger partial charge in [-0.3, -0.25) is 4.79 Å². The molecule has 1 amide bonds. The third kappa shape index (κ3) is 3.21. The van der Waals surface area contributed by atoms with Crippen LogP contribution in [0.4, 0.5) is 10.2 Å². The van der Waals surface area contributed by atoms with Crippen LogP contribution in [0.2, 0.25) is 0 Å². The summed E-state index contributed by atoms with van der Waals surface area (Å²) in [6.07, 6.45) is 0.352. The van der Waals surface area contributed by atoms with Crippen molar-refractivity contribution in [2.24, 2.45) is 5.92 Å². The van der Waals surface area contributed by atoms with Gasteiger partial charge in [0.15, 0.2) is 5.82 Å². The molecule has 3 heterocycles. The molecule has 140 valence electrons. The van der Waals surface area contributed by atoms with E-state index in [2.05, 4.69) is 15.3 Å². The zero-order valence-corrected chi connectivity index (χ0v) is 15.9. The van der Waals surface area contributed by atoms with E-state index in [4.69, 9.17) is 4.74 Å². The summed E-state index contributed by atoms with van der Waals surface area (Å²) in [5.41, 5.74) is 1.90. The molecule has 0 spiro atoms. The average molecular weight is 385 g/mol. The molecule has 1 aliphatic heterocycles. The van der Waals surface area contributed by atoms with E-state index in [0.29, 0.717) is 16.9 Å². The predicted molar refractivity (Wildman–Crippen MR) is 104 cm³/mol. The molecule has 1 aromatic carbocycles. The van der Waals surface area contributed by atoms with Crippen molar-refractivity contribution in [3.8, 4) is 0 Å². The number of halogens is 1. The summed E-state index contributed by atoms with van der Waals surface area (Å²) in [6, 6.07) is 8.93. The molecule has 1 N–H and O–H groups in total. The van der Waals surface area contributed by atoms with Crippen LogP contribution < -0.4 is 5.32 Å². The Kier molecular flexibility index (Phi) is 4.88. The highest BCUT2D eigenvalue weighted by Crippen LogP contribution is 2.44. The van der Waals surface area contributed by atoms with E-state index in [9.17, 15) is 9.18 Å². The van der Waals surface area contributed by atoms with Gasteiger partial charge in [-0.25, -0.2) is 14.4 Å². The van der Waals surface area contributed by atoms with Gasteiger partial charge in [0.2, 0.25) is 0 Å². The van der Waals surface area contributed by atoms with E-state index in [1.807, 2.05) is 25.3 Å². The van der Waals surface area contributed by atoms with Crippen LogP contribution in [-0.2, 0) is 4.74 Å². The molecule has 4 atom stereocenters. The number of aromatic nitrogens is 2. The first-order valence-electron chi connectivity index (χ1n) is 8.98. The Morgan fingerprint density at radius 2 is 2.07 bits per heavy atom. The number of hydrogen-bond donors (Lipinski definition) is 1. The fraction of sp³-hybridized carbons (Fsp3) is 0.350. The molecule has 1 saturated heterocycles. The van der Waals surface area contributed by atoms with Gasteiger partial charge in [-0.15, -0.1) is 11.3 Å². The molecule has 4 rings (SSSR count). The summed E-state index contributed by atoms with van der Waals surface area (Å²) >= 11 is 1.39. The number of carbonyl (C=O) groups is 1. The standard InChI is InChI=1S/C20H20FN3O2S/c1-3-14-11(2)15(21)17(26-14)13-9-27-18-16(13)22-10-23-19(18)24-20(25)12-7-5-4-6-8-12/h4-11,14-15,17H,3H2,1-2H3,(H,22,23,24,25)/t11-,14-,15-,17+/m1/s1. The monoisotopic (exact) mass is 385 g/mol. The molecule has 0 aliphatic carbocycles. The predicted octanol–water partition coefficient (Wildman–Crippen LogP) is 4.77. The summed E-state index contributed by atoms with van der Waals surface area (Å²) in [6.45, 7) is 3.88. The molecule has 3 aromatic rings. The largest absolute Gasteiger partial charge is 0.367 e. The van der Waals surface area contributed by atoms with E-state index < -0.39 is 12.3 Å². The number of carbonyl (C=O) groups excluding carboxylic acids is 1. The second-order valence-corrected chi connectivity index (χ2v) is 7.60. The first-order chi connectivity index (χ1) is 13.1. The summed E-state index contributed by atoms with van der Waals surface area (Å²) in [5.74, 6) is 0.0262. The van der Waals surface area contributed by atoms with Gasteiger partial charge >= 0.3 is 0 Å². The second-order valence-electron chi connectivity index (χ2n) is 6.72. The minimum Gasteiger partial charge on any atom is -0.367 e. The highest BCUT2D eigenvalue weighted by atomic mass is 32.1. The van der Waals surface area contributed by atoms with Crippen molar-refractivity contribution in [1.82, 2.24) is 9.97 Å². The van der Waals surface area contributed by atoms with Gasteiger partial charge in [-0.2, -0.15) is 0 Å². The quantitative estimate of drug-likeness (QED) is 0.703. The molecule has 27 heavy (non-hydrogen) atoms. The highest BCUT2D eigenvalue weighted by molar-refractivity contribution is 7.18. The minimum atomic E-state index is -1.08. The SMILES string of the molecule is CC[C@H]1O[C@@H](c2csc3c(NC(=O)c4ccccc4)ncnc23)[C@H](F)[C@@H]1C. The summed E-state index contributed by atoms with van der Waals surface area (Å²) < 4.78 is 21.5. The van der Waals surface area contributed by atoms with Crippen LogP contribution in [0.3, 0.4) is 0 Å². The van der Waals surface area contributed by atoms with E-state index in [0.717, 1.165) is 16.7 Å². The van der Waals surface area contributed by atoms with Crippen molar-refractivity contribution in [1.29, 1.82) is 0 Å². The second kappa shape index (κ2) is 7.32. The normalized spacial score (nSPS) is 25.0. The van der Waals surface area contributed by atoms with Crippen LogP contribution in [0.5, 0.6) is 0 Å². The molecule has 0 bridgehead atoms. The molecule has 2 aromatic heterocycles. The first kappa shape index (κ1) is 18.0. The number of hydrogen-bond acceptors (Lipinski definition) is 5. The van der Waals surface area contributed by atoms with Crippen molar-refractivity contribution >= 4 is 33.3 Å². The van der Waals surface area contributed by atoms with Gasteiger partial charge in [0.25, 0.3) is 5.91 Å². The molecule has 0 unspecified atom stereocenters. The van der Waals surface area contributed by atoms with Crippen molar-refractivity contribution < 1.29 is 13.9 Å². The average Bonchev–Trinajstić information content (AvgIpc) is 3.25. The zero-order chi connectivity index (χ0) is 19.0. The van der Waals surface area contributed by atoms with Gasteiger partial charge in [0.05, 0.1) is 16.3 Å². The lowest BCUT2D eigenvalue weighted by atomic mass is 9.96. The number of ether oxygens (including phenoxy) is 1. The molecule has 0 radical (unpaired) electrons. The van der Waals surface area contributed by atoms with Gasteiger partial charge in [-0.1, -0.05) is 32.0 Å². The minimum absolute atomic E-state index is 0.0981. The Balaban J connectivity index is 1.65. The molecule has 0 saturated carbocycles. The van der Waals surface area contributed by atoms with Crippen LogP contribution in [0.1, 0.15) is 42.3 Å². The number of anilines is 1. The number of amides is 1. The molecule has 1 fully saturated rings. The summed E-state index contributed by atoms with van der Waals surface area (Å²) in [7, 11) is 0. The van der Waals surface area contributed by atoms with Gasteiger partial charge in [-0.05, 0) is 23.9 Å². The van der Waals surface area contributed by atoms with Crippen LogP contribution >= 0.6 is 11.3 Å². The van der Waals surface area contributed by atoms with Gasteiger partial charge < -0.3 is 10.1 Å². The lowest BCUT2D eigenvalue weighted by Crippen LogP contribution is -2.17. The number of nitrogens with one attached hydrogen (secondary N) is 1. The number of alkyl halides is 1. The van der Waals surface area contributed by atoms with Crippen molar-refractivity contribution in [2.45, 2.75) is 38.6 Å². The maximum Gasteiger partial charge on any atom is 0.256 e. The molecular formula is C20H20FN3O2S. The summed E-state index contributed by atoms with van der Waals surface area (Å²) in [5, 5.41) is 4.69. The Bertz CT molecular complexity index is 962. The van der Waals surface area contributed by atoms with Crippen LogP contribution in [-0.4, -0.2) is 28.2 Å². The van der Waals surface area contributed by atoms with E-state index in [1.165, 1.54) is 17.7 Å². The molecule has 1 aliphatic rings. The molecular weight excluding hydrogens is 365 g/mol. The van der Waals surface area contributed by atoms with E-state index in [1.54, 1.807) is 24.3 Å². The number of nitrogens with zero attached hydrogens (tertiary/aromatic N) is 2. The Morgan fingerprint density at radius 1 is 1.30 bits per heavy atom. The van der Waals surface area contributed by atoms with E-state index in [-0.39, 0.29) is 17.9 Å². The number of fused-ring (bicyclic) bond motifs is 1. The Morgan fingerprint density at radius 3 is 2.78 bits per heavy atom. The molecule has 5 nitrogen and oxygen atoms in total. The first-order valence-corrected chi connectivity index (χ1v) is 9.86. The van der Waals surface area contributed by atoms with Crippen molar-refractivity contribution in [3.63, 3.8) is 0 Å². The lowest BCUT2D eigenvalue weighted by molar-refractivity contribution is 0.0239. The van der Waals surface area contributed by atoms with Gasteiger partial charge in [0, 0.05) is 17.0 Å². The lowest BCUT2D eigenvalue weighted by Gasteiger charge is -2.12. The maximum atomic E-state index is 14.8. The van der Waals surface area contributed by atoms with Crippen molar-refractivity contribution in [2.75, 3.05) is 5.32 Å². The highest BCUT2D eigenvalue weighted by Gasteiger charge is 2.43. The number of thiophene rings is 1. The maximum absolute atomic E-state index is 14.8. The number of benzene rings is 1. The van der Waals surface area contributed by atoms with E-state index >= 15 is 0 Å². The van der Waals surface area contributed by atoms with Crippen LogP contribution in [0, 0.1) is 5.92 Å². The van der Waals surface area contributed by atoms with Crippen molar-refractivity contribution in [3.05, 3.63) is 53.2 Å². The topological polar surface area (TPSA) is 64.1 Å². The smallest absolute Gasteiger partial charge is 0.256 e. The zero-order valence-electron chi connectivity index (χ0n) is 15.1. The number of rotatable bonds is 4. The summed E-state index contributed by atoms with van der Waals surface area (Å²) in [4.78, 5) is 21.0. The van der Waals surface area contributed by atoms with Crippen LogP contribution in [0.25, 0.3) is 10.2 Å². The fourth-order valence-electron chi connectivity index (χ4n) is 3.51. The fourth-order valence-corrected chi connectivity index (χ4v) is 4.50. The Hall–Kier alpha value is -2.38. The third-order valence-corrected chi connectivity index (χ3v) is 6.05. The Labute approximate surface area is 160 Å². The molecule has 7 heteroatoms. The van der Waals surface area contributed by atoms with Crippen LogP contribution in [0.15, 0.2) is 42.0 Å². The third-order valence-electron chi connectivity index (χ3n) is 5.06. The van der Waals surface area contributed by atoms with Gasteiger partial charge in [0.1, 0.15) is 18.6 Å².